The minimum Gasteiger partial charge on any atom is -0.545 e. The molecule has 0 bridgehead atoms. The highest BCUT2D eigenvalue weighted by Gasteiger charge is 2.11. The number of rotatable bonds is 5. The molecule has 25 heavy (non-hydrogen) atoms. The summed E-state index contributed by atoms with van der Waals surface area (Å²) >= 11 is 0. The Balaban J connectivity index is 1.99. The standard InChI is InChI=1S/C23H22O2/c1-16-6-10-18(11-7-16)14-20-4-3-5-21(23(24)25)22(20)15-19-12-8-17(2)9-13-19/h3-13H,14-15H2,1-2H3,(H,24,25)/p-1. The third-order valence-corrected chi connectivity index (χ3v) is 4.51. The lowest BCUT2D eigenvalue weighted by Gasteiger charge is -2.16. The number of aromatic carboxylic acids is 1. The molecule has 0 aliphatic rings. The second kappa shape index (κ2) is 7.35. The monoisotopic (exact) mass is 329 g/mol. The van der Waals surface area contributed by atoms with E-state index in [0.717, 1.165) is 16.7 Å². The maximum absolute atomic E-state index is 11.6. The summed E-state index contributed by atoms with van der Waals surface area (Å²) < 4.78 is 0. The molecule has 126 valence electrons. The Bertz CT molecular complexity index is 875. The van der Waals surface area contributed by atoms with Gasteiger partial charge in [0.25, 0.3) is 0 Å². The minimum atomic E-state index is -1.12. The van der Waals surface area contributed by atoms with E-state index in [-0.39, 0.29) is 5.56 Å². The molecule has 0 aromatic heterocycles. The molecule has 3 aromatic carbocycles. The van der Waals surface area contributed by atoms with Crippen LogP contribution in [0.3, 0.4) is 0 Å². The molecular formula is C23H21O2-. The Kier molecular flexibility index (Phi) is 4.99. The van der Waals surface area contributed by atoms with Crippen molar-refractivity contribution in [3.05, 3.63) is 106 Å². The van der Waals surface area contributed by atoms with Crippen LogP contribution in [-0.4, -0.2) is 5.97 Å². The molecule has 0 aliphatic carbocycles. The van der Waals surface area contributed by atoms with E-state index >= 15 is 0 Å². The van der Waals surface area contributed by atoms with E-state index in [1.165, 1.54) is 16.7 Å². The van der Waals surface area contributed by atoms with Crippen LogP contribution in [0.5, 0.6) is 0 Å². The summed E-state index contributed by atoms with van der Waals surface area (Å²) in [5.74, 6) is -1.12. The molecule has 3 rings (SSSR count). The first-order chi connectivity index (χ1) is 12.0. The fourth-order valence-electron chi connectivity index (χ4n) is 3.04. The van der Waals surface area contributed by atoms with Crippen LogP contribution in [0, 0.1) is 13.8 Å². The Morgan fingerprint density at radius 1 is 0.760 bits per heavy atom. The van der Waals surface area contributed by atoms with Gasteiger partial charge in [0, 0.05) is 5.56 Å². The molecular weight excluding hydrogens is 308 g/mol. The Labute approximate surface area is 148 Å². The molecule has 0 saturated heterocycles. The third kappa shape index (κ3) is 4.16. The first-order valence-corrected chi connectivity index (χ1v) is 8.46. The van der Waals surface area contributed by atoms with Crippen molar-refractivity contribution >= 4 is 5.97 Å². The fraction of sp³-hybridized carbons (Fsp3) is 0.174. The third-order valence-electron chi connectivity index (χ3n) is 4.51. The van der Waals surface area contributed by atoms with Crippen LogP contribution in [0.25, 0.3) is 0 Å². The van der Waals surface area contributed by atoms with Crippen LogP contribution in [0.2, 0.25) is 0 Å². The predicted octanol–water partition coefficient (Wildman–Crippen LogP) is 3.85. The van der Waals surface area contributed by atoms with E-state index in [0.29, 0.717) is 12.8 Å². The number of carboxylic acids is 1. The molecule has 2 nitrogen and oxygen atoms in total. The van der Waals surface area contributed by atoms with Crippen LogP contribution in [-0.2, 0) is 12.8 Å². The van der Waals surface area contributed by atoms with Crippen LogP contribution in [0.1, 0.15) is 43.7 Å². The topological polar surface area (TPSA) is 40.1 Å². The molecule has 0 amide bonds. The zero-order chi connectivity index (χ0) is 17.8. The average Bonchev–Trinajstić information content (AvgIpc) is 2.60. The van der Waals surface area contributed by atoms with E-state index < -0.39 is 5.97 Å². The van der Waals surface area contributed by atoms with E-state index in [2.05, 4.69) is 55.5 Å². The zero-order valence-corrected chi connectivity index (χ0v) is 14.6. The van der Waals surface area contributed by atoms with Crippen LogP contribution in [0.4, 0.5) is 0 Å². The van der Waals surface area contributed by atoms with Gasteiger partial charge >= 0.3 is 0 Å². The highest BCUT2D eigenvalue weighted by Crippen LogP contribution is 2.22. The van der Waals surface area contributed by atoms with Gasteiger partial charge in [0.05, 0.1) is 5.97 Å². The average molecular weight is 329 g/mol. The summed E-state index contributed by atoms with van der Waals surface area (Å²) in [4.78, 5) is 11.6. The SMILES string of the molecule is Cc1ccc(Cc2cccc(C(=O)[O-])c2Cc2ccc(C)cc2)cc1. The smallest absolute Gasteiger partial charge is 0.0718 e. The number of aryl methyl sites for hydroxylation is 2. The van der Waals surface area contributed by atoms with Gasteiger partial charge in [-0.3, -0.25) is 0 Å². The molecule has 0 aliphatic heterocycles. The van der Waals surface area contributed by atoms with Crippen molar-refractivity contribution in [1.29, 1.82) is 0 Å². The number of benzene rings is 3. The molecule has 0 spiro atoms. The van der Waals surface area contributed by atoms with Crippen molar-refractivity contribution < 1.29 is 9.90 Å². The summed E-state index contributed by atoms with van der Waals surface area (Å²) in [5.41, 5.74) is 6.84. The molecule has 0 atom stereocenters. The summed E-state index contributed by atoms with van der Waals surface area (Å²) in [5, 5.41) is 11.6. The normalized spacial score (nSPS) is 10.6. The summed E-state index contributed by atoms with van der Waals surface area (Å²) in [6, 6.07) is 22.0. The molecule has 3 aromatic rings. The quantitative estimate of drug-likeness (QED) is 0.713. The van der Waals surface area contributed by atoms with Crippen LogP contribution >= 0.6 is 0 Å². The lowest BCUT2D eigenvalue weighted by atomic mass is 9.91. The minimum absolute atomic E-state index is 0.283. The van der Waals surface area contributed by atoms with Gasteiger partial charge in [-0.15, -0.1) is 0 Å². The number of hydrogen-bond donors (Lipinski definition) is 0. The van der Waals surface area contributed by atoms with E-state index in [1.807, 2.05) is 13.0 Å². The van der Waals surface area contributed by atoms with Gasteiger partial charge in [0.2, 0.25) is 0 Å². The van der Waals surface area contributed by atoms with Crippen molar-refractivity contribution in [1.82, 2.24) is 0 Å². The summed E-state index contributed by atoms with van der Waals surface area (Å²) in [6.07, 6.45) is 1.30. The van der Waals surface area contributed by atoms with Crippen molar-refractivity contribution in [2.75, 3.05) is 0 Å². The molecule has 0 heterocycles. The predicted molar refractivity (Wildman–Crippen MR) is 98.7 cm³/mol. The molecule has 0 radical (unpaired) electrons. The maximum atomic E-state index is 11.6. The Morgan fingerprint density at radius 2 is 1.28 bits per heavy atom. The van der Waals surface area contributed by atoms with Gasteiger partial charge in [-0.05, 0) is 48.9 Å². The largest absolute Gasteiger partial charge is 0.545 e. The fourth-order valence-corrected chi connectivity index (χ4v) is 3.04. The van der Waals surface area contributed by atoms with Crippen molar-refractivity contribution in [2.45, 2.75) is 26.7 Å². The second-order valence-corrected chi connectivity index (χ2v) is 6.56. The maximum Gasteiger partial charge on any atom is 0.0718 e. The first kappa shape index (κ1) is 17.0. The van der Waals surface area contributed by atoms with Gasteiger partial charge < -0.3 is 9.90 Å². The number of hydrogen-bond acceptors (Lipinski definition) is 2. The van der Waals surface area contributed by atoms with Gasteiger partial charge in [-0.25, -0.2) is 0 Å². The van der Waals surface area contributed by atoms with Crippen LogP contribution in [0.15, 0.2) is 66.7 Å². The molecule has 0 fully saturated rings. The van der Waals surface area contributed by atoms with Gasteiger partial charge in [-0.1, -0.05) is 77.9 Å². The van der Waals surface area contributed by atoms with Crippen molar-refractivity contribution in [3.8, 4) is 0 Å². The number of carbonyl (C=O) groups excluding carboxylic acids is 1. The highest BCUT2D eigenvalue weighted by atomic mass is 16.4. The van der Waals surface area contributed by atoms with E-state index in [4.69, 9.17) is 0 Å². The number of carboxylic acid groups (broad SMARTS) is 1. The molecule has 0 saturated carbocycles. The van der Waals surface area contributed by atoms with E-state index in [9.17, 15) is 9.90 Å². The summed E-state index contributed by atoms with van der Waals surface area (Å²) in [6.45, 7) is 4.10. The Morgan fingerprint density at radius 3 is 1.80 bits per heavy atom. The molecule has 2 heteroatoms. The Hall–Kier alpha value is -2.87. The van der Waals surface area contributed by atoms with Crippen molar-refractivity contribution in [3.63, 3.8) is 0 Å². The van der Waals surface area contributed by atoms with Crippen molar-refractivity contribution in [2.24, 2.45) is 0 Å². The van der Waals surface area contributed by atoms with E-state index in [1.54, 1.807) is 12.1 Å². The van der Waals surface area contributed by atoms with Crippen LogP contribution < -0.4 is 5.11 Å². The first-order valence-electron chi connectivity index (χ1n) is 8.46. The van der Waals surface area contributed by atoms with Gasteiger partial charge in [0.15, 0.2) is 0 Å². The number of carbonyl (C=O) groups is 1. The molecule has 0 unspecified atom stereocenters. The lowest BCUT2D eigenvalue weighted by molar-refractivity contribution is -0.255. The molecule has 0 N–H and O–H groups in total. The summed E-state index contributed by atoms with van der Waals surface area (Å²) in [7, 11) is 0. The lowest BCUT2D eigenvalue weighted by Crippen LogP contribution is -2.24. The van der Waals surface area contributed by atoms with Gasteiger partial charge in [0.1, 0.15) is 0 Å². The highest BCUT2D eigenvalue weighted by molar-refractivity contribution is 5.88. The second-order valence-electron chi connectivity index (χ2n) is 6.56. The zero-order valence-electron chi connectivity index (χ0n) is 14.6. The van der Waals surface area contributed by atoms with Gasteiger partial charge in [-0.2, -0.15) is 0 Å².